The molecule has 3 aromatic rings. The number of hydrogen-bond acceptors (Lipinski definition) is 6. The van der Waals surface area contributed by atoms with Gasteiger partial charge in [0, 0.05) is 18.4 Å². The van der Waals surface area contributed by atoms with Gasteiger partial charge in [-0.2, -0.15) is 4.31 Å². The Kier molecular flexibility index (Phi) is 3.95. The van der Waals surface area contributed by atoms with Crippen LogP contribution in [0.4, 0.5) is 0 Å². The first kappa shape index (κ1) is 15.5. The van der Waals surface area contributed by atoms with Gasteiger partial charge in [0.25, 0.3) is 0 Å². The summed E-state index contributed by atoms with van der Waals surface area (Å²) in [5, 5.41) is 1.95. The molecule has 0 spiro atoms. The van der Waals surface area contributed by atoms with Crippen molar-refractivity contribution in [2.45, 2.75) is 30.3 Å². The van der Waals surface area contributed by atoms with Gasteiger partial charge in [0.1, 0.15) is 11.2 Å². The lowest BCUT2D eigenvalue weighted by Gasteiger charge is -2.20. The van der Waals surface area contributed by atoms with Crippen molar-refractivity contribution in [1.29, 1.82) is 0 Å². The van der Waals surface area contributed by atoms with Crippen molar-refractivity contribution >= 4 is 21.4 Å². The average molecular weight is 361 g/mol. The van der Waals surface area contributed by atoms with Crippen molar-refractivity contribution in [3.63, 3.8) is 0 Å². The molecule has 0 bridgehead atoms. The molecular weight excluding hydrogens is 346 g/mol. The van der Waals surface area contributed by atoms with Crippen LogP contribution >= 0.6 is 11.3 Å². The topological polar surface area (TPSA) is 76.3 Å². The molecule has 24 heavy (non-hydrogen) atoms. The third-order valence-corrected chi connectivity index (χ3v) is 6.54. The van der Waals surface area contributed by atoms with E-state index in [1.54, 1.807) is 18.3 Å². The molecule has 0 N–H and O–H groups in total. The summed E-state index contributed by atoms with van der Waals surface area (Å²) in [7, 11) is -3.59. The monoisotopic (exact) mass is 361 g/mol. The van der Waals surface area contributed by atoms with E-state index in [2.05, 4.69) is 9.97 Å². The fourth-order valence-corrected chi connectivity index (χ4v) is 4.74. The van der Waals surface area contributed by atoms with Crippen molar-refractivity contribution in [3.8, 4) is 10.8 Å². The van der Waals surface area contributed by atoms with Crippen molar-refractivity contribution in [1.82, 2.24) is 14.3 Å². The Labute approximate surface area is 143 Å². The number of oxazole rings is 1. The van der Waals surface area contributed by atoms with Gasteiger partial charge in [-0.05, 0) is 36.4 Å². The second-order valence-corrected chi connectivity index (χ2v) is 8.43. The first-order valence-electron chi connectivity index (χ1n) is 7.55. The maximum absolute atomic E-state index is 12.9. The molecule has 0 unspecified atom stereocenters. The van der Waals surface area contributed by atoms with E-state index in [9.17, 15) is 8.42 Å². The normalized spacial score (nSPS) is 15.0. The SMILES string of the molecule is O=S(=O)(c1cccnc1)N(Cc1coc(-c2cccs2)n1)C1CC1. The molecule has 0 amide bonds. The average Bonchev–Trinajstić information content (AvgIpc) is 3.10. The standard InChI is InChI=1S/C16H15N3O3S2/c20-24(21,14-3-1-7-17-9-14)19(13-5-6-13)10-12-11-22-16(18-12)15-4-2-8-23-15/h1-4,7-9,11,13H,5-6,10H2. The molecule has 8 heteroatoms. The second kappa shape index (κ2) is 6.12. The van der Waals surface area contributed by atoms with Crippen LogP contribution in [0.5, 0.6) is 0 Å². The second-order valence-electron chi connectivity index (χ2n) is 5.59. The van der Waals surface area contributed by atoms with E-state index in [1.807, 2.05) is 17.5 Å². The fourth-order valence-electron chi connectivity index (χ4n) is 2.46. The molecule has 3 heterocycles. The minimum Gasteiger partial charge on any atom is -0.444 e. The Morgan fingerprint density at radius 2 is 2.17 bits per heavy atom. The molecule has 1 fully saturated rings. The smallest absolute Gasteiger partial charge is 0.245 e. The first-order chi connectivity index (χ1) is 11.6. The van der Waals surface area contributed by atoms with Crippen LogP contribution in [-0.4, -0.2) is 28.7 Å². The summed E-state index contributed by atoms with van der Waals surface area (Å²) in [5.74, 6) is 0.523. The zero-order valence-corrected chi connectivity index (χ0v) is 14.3. The molecule has 1 aliphatic carbocycles. The number of thiophene rings is 1. The Bertz CT molecular complexity index is 917. The summed E-state index contributed by atoms with van der Waals surface area (Å²) in [6, 6.07) is 7.07. The lowest BCUT2D eigenvalue weighted by Crippen LogP contribution is -2.32. The number of hydrogen-bond donors (Lipinski definition) is 0. The largest absolute Gasteiger partial charge is 0.444 e. The van der Waals surface area contributed by atoms with E-state index in [0.29, 0.717) is 11.6 Å². The summed E-state index contributed by atoms with van der Waals surface area (Å²) in [5.41, 5.74) is 0.609. The molecule has 3 aromatic heterocycles. The summed E-state index contributed by atoms with van der Waals surface area (Å²) >= 11 is 1.53. The van der Waals surface area contributed by atoms with Crippen LogP contribution in [0.2, 0.25) is 0 Å². The van der Waals surface area contributed by atoms with Gasteiger partial charge in [-0.3, -0.25) is 4.98 Å². The molecule has 6 nitrogen and oxygen atoms in total. The number of sulfonamides is 1. The maximum Gasteiger partial charge on any atom is 0.245 e. The van der Waals surface area contributed by atoms with Gasteiger partial charge in [-0.25, -0.2) is 13.4 Å². The lowest BCUT2D eigenvalue weighted by molar-refractivity contribution is 0.393. The van der Waals surface area contributed by atoms with Gasteiger partial charge in [0.2, 0.25) is 15.9 Å². The minimum absolute atomic E-state index is 0.0251. The molecule has 1 aliphatic rings. The van der Waals surface area contributed by atoms with Gasteiger partial charge >= 0.3 is 0 Å². The van der Waals surface area contributed by atoms with Crippen LogP contribution in [-0.2, 0) is 16.6 Å². The highest BCUT2D eigenvalue weighted by Crippen LogP contribution is 2.33. The first-order valence-corrected chi connectivity index (χ1v) is 9.87. The fraction of sp³-hybridized carbons (Fsp3) is 0.250. The Morgan fingerprint density at radius 3 is 2.83 bits per heavy atom. The molecular formula is C16H15N3O3S2. The van der Waals surface area contributed by atoms with Crippen LogP contribution in [0.3, 0.4) is 0 Å². The van der Waals surface area contributed by atoms with Gasteiger partial charge in [-0.15, -0.1) is 11.3 Å². The quantitative estimate of drug-likeness (QED) is 0.674. The maximum atomic E-state index is 12.9. The van der Waals surface area contributed by atoms with Crippen LogP contribution < -0.4 is 0 Å². The van der Waals surface area contributed by atoms with Crippen molar-refractivity contribution in [2.75, 3.05) is 0 Å². The third-order valence-electron chi connectivity index (χ3n) is 3.80. The van der Waals surface area contributed by atoms with Crippen molar-refractivity contribution in [3.05, 3.63) is 54.0 Å². The molecule has 0 radical (unpaired) electrons. The van der Waals surface area contributed by atoms with Gasteiger partial charge in [0.15, 0.2) is 0 Å². The highest BCUT2D eigenvalue weighted by molar-refractivity contribution is 7.89. The zero-order chi connectivity index (χ0) is 16.6. The number of aromatic nitrogens is 2. The highest BCUT2D eigenvalue weighted by Gasteiger charge is 2.38. The Balaban J connectivity index is 1.61. The molecule has 0 atom stereocenters. The molecule has 1 saturated carbocycles. The van der Waals surface area contributed by atoms with Gasteiger partial charge in [0.05, 0.1) is 17.1 Å². The molecule has 0 saturated heterocycles. The van der Waals surface area contributed by atoms with E-state index in [0.717, 1.165) is 17.7 Å². The summed E-state index contributed by atoms with van der Waals surface area (Å²) in [6.45, 7) is 0.205. The van der Waals surface area contributed by atoms with E-state index >= 15 is 0 Å². The van der Waals surface area contributed by atoms with E-state index < -0.39 is 10.0 Å². The predicted molar refractivity (Wildman–Crippen MR) is 89.8 cm³/mol. The Hall–Kier alpha value is -2.03. The Morgan fingerprint density at radius 1 is 1.29 bits per heavy atom. The number of pyridine rings is 1. The van der Waals surface area contributed by atoms with Crippen LogP contribution in [0.15, 0.2) is 57.6 Å². The van der Waals surface area contributed by atoms with E-state index in [4.69, 9.17) is 4.42 Å². The summed E-state index contributed by atoms with van der Waals surface area (Å²) in [4.78, 5) is 9.48. The minimum atomic E-state index is -3.59. The van der Waals surface area contributed by atoms with E-state index in [1.165, 1.54) is 28.1 Å². The lowest BCUT2D eigenvalue weighted by atomic mass is 10.4. The molecule has 0 aromatic carbocycles. The number of nitrogens with zero attached hydrogens (tertiary/aromatic N) is 3. The zero-order valence-electron chi connectivity index (χ0n) is 12.7. The summed E-state index contributed by atoms with van der Waals surface area (Å²) in [6.07, 6.45) is 6.21. The van der Waals surface area contributed by atoms with Gasteiger partial charge in [-0.1, -0.05) is 6.07 Å². The third kappa shape index (κ3) is 3.00. The molecule has 0 aliphatic heterocycles. The van der Waals surface area contributed by atoms with E-state index in [-0.39, 0.29) is 17.5 Å². The predicted octanol–water partition coefficient (Wildman–Crippen LogP) is 3.15. The van der Waals surface area contributed by atoms with Crippen LogP contribution in [0.1, 0.15) is 18.5 Å². The highest BCUT2D eigenvalue weighted by atomic mass is 32.2. The summed E-state index contributed by atoms with van der Waals surface area (Å²) < 4.78 is 32.8. The number of rotatable bonds is 6. The molecule has 124 valence electrons. The van der Waals surface area contributed by atoms with Gasteiger partial charge < -0.3 is 4.42 Å². The van der Waals surface area contributed by atoms with Crippen molar-refractivity contribution in [2.24, 2.45) is 0 Å². The van der Waals surface area contributed by atoms with Crippen LogP contribution in [0, 0.1) is 0 Å². The van der Waals surface area contributed by atoms with Crippen LogP contribution in [0.25, 0.3) is 10.8 Å². The van der Waals surface area contributed by atoms with Crippen molar-refractivity contribution < 1.29 is 12.8 Å². The molecule has 4 rings (SSSR count).